The lowest BCUT2D eigenvalue weighted by Gasteiger charge is -2.20. The summed E-state index contributed by atoms with van der Waals surface area (Å²) in [4.78, 5) is 0. The Morgan fingerprint density at radius 2 is 2.00 bits per heavy atom. The third-order valence-electron chi connectivity index (χ3n) is 2.09. The van der Waals surface area contributed by atoms with Crippen LogP contribution in [0.2, 0.25) is 0 Å². The van der Waals surface area contributed by atoms with Crippen LogP contribution < -0.4 is 0 Å². The van der Waals surface area contributed by atoms with E-state index < -0.39 is 0 Å². The summed E-state index contributed by atoms with van der Waals surface area (Å²) in [5.74, 6) is -0.0985. The van der Waals surface area contributed by atoms with Crippen molar-refractivity contribution in [2.24, 2.45) is 5.92 Å². The standard InChI is InChI=1S/C11H22NO2/c1-5-9(8-13)10(12)6-7-14-11(2,3)4/h9,12H,5-8H2,1-4H3. The lowest BCUT2D eigenvalue weighted by molar-refractivity contribution is 0.000772. The maximum atomic E-state index is 10.7. The largest absolute Gasteiger partial charge is 0.375 e. The first-order chi connectivity index (χ1) is 6.40. The maximum Gasteiger partial charge on any atom is 0.0902 e. The summed E-state index contributed by atoms with van der Waals surface area (Å²) in [5.41, 5.74) is 0.381. The fourth-order valence-corrected chi connectivity index (χ4v) is 1.14. The van der Waals surface area contributed by atoms with Gasteiger partial charge in [-0.2, -0.15) is 0 Å². The van der Waals surface area contributed by atoms with Gasteiger partial charge in [0.25, 0.3) is 0 Å². The predicted octanol–water partition coefficient (Wildman–Crippen LogP) is 2.67. The molecule has 0 aliphatic carbocycles. The molecule has 1 N–H and O–H groups in total. The minimum atomic E-state index is -0.176. The molecule has 0 fully saturated rings. The Hall–Kier alpha value is -0.410. The number of hydrogen-bond donors (Lipinski definition) is 1. The lowest BCUT2D eigenvalue weighted by Crippen LogP contribution is -2.23. The lowest BCUT2D eigenvalue weighted by atomic mass is 9.99. The molecule has 0 spiro atoms. The van der Waals surface area contributed by atoms with Crippen LogP contribution in [0, 0.1) is 11.3 Å². The first-order valence-corrected chi connectivity index (χ1v) is 5.20. The third kappa shape index (κ3) is 6.11. The SMILES string of the molecule is CCC(C[O])C(=N)CCOC(C)(C)C. The third-order valence-corrected chi connectivity index (χ3v) is 2.09. The Morgan fingerprint density at radius 3 is 2.36 bits per heavy atom. The first kappa shape index (κ1) is 13.6. The molecule has 0 amide bonds. The number of ether oxygens (including phenoxy) is 1. The second-order valence-electron chi connectivity index (χ2n) is 4.51. The van der Waals surface area contributed by atoms with Crippen molar-refractivity contribution in [3.05, 3.63) is 0 Å². The molecule has 0 aliphatic heterocycles. The van der Waals surface area contributed by atoms with Crippen LogP contribution >= 0.6 is 0 Å². The molecule has 0 aromatic rings. The van der Waals surface area contributed by atoms with Gasteiger partial charge in [0.15, 0.2) is 0 Å². The fraction of sp³-hybridized carbons (Fsp3) is 0.909. The van der Waals surface area contributed by atoms with Gasteiger partial charge < -0.3 is 10.1 Å². The van der Waals surface area contributed by atoms with Gasteiger partial charge in [0.2, 0.25) is 0 Å². The van der Waals surface area contributed by atoms with Gasteiger partial charge >= 0.3 is 0 Å². The summed E-state index contributed by atoms with van der Waals surface area (Å²) in [6.45, 7) is 8.27. The summed E-state index contributed by atoms with van der Waals surface area (Å²) in [6.07, 6.45) is 1.34. The Bertz CT molecular complexity index is 169. The van der Waals surface area contributed by atoms with Gasteiger partial charge in [-0.25, -0.2) is 5.11 Å². The van der Waals surface area contributed by atoms with E-state index in [1.807, 2.05) is 27.7 Å². The van der Waals surface area contributed by atoms with Gasteiger partial charge in [-0.15, -0.1) is 0 Å². The Kier molecular flexibility index (Phi) is 5.96. The molecule has 3 heteroatoms. The molecule has 3 nitrogen and oxygen atoms in total. The normalized spacial score (nSPS) is 14.1. The monoisotopic (exact) mass is 200 g/mol. The van der Waals surface area contributed by atoms with E-state index in [2.05, 4.69) is 0 Å². The molecule has 0 heterocycles. The average Bonchev–Trinajstić information content (AvgIpc) is 2.04. The smallest absolute Gasteiger partial charge is 0.0902 e. The van der Waals surface area contributed by atoms with Gasteiger partial charge in [-0.05, 0) is 27.2 Å². The molecular weight excluding hydrogens is 178 g/mol. The minimum Gasteiger partial charge on any atom is -0.375 e. The molecule has 14 heavy (non-hydrogen) atoms. The average molecular weight is 200 g/mol. The zero-order valence-electron chi connectivity index (χ0n) is 9.72. The minimum absolute atomic E-state index is 0.0985. The van der Waals surface area contributed by atoms with E-state index in [1.165, 1.54) is 0 Å². The predicted molar refractivity (Wildman–Crippen MR) is 57.4 cm³/mol. The van der Waals surface area contributed by atoms with Crippen molar-refractivity contribution in [3.63, 3.8) is 0 Å². The van der Waals surface area contributed by atoms with Crippen LogP contribution in [0.3, 0.4) is 0 Å². The molecule has 0 aromatic carbocycles. The van der Waals surface area contributed by atoms with Crippen molar-refractivity contribution >= 4 is 5.71 Å². The van der Waals surface area contributed by atoms with Crippen molar-refractivity contribution in [3.8, 4) is 0 Å². The van der Waals surface area contributed by atoms with Gasteiger partial charge in [-0.1, -0.05) is 6.92 Å². The van der Waals surface area contributed by atoms with E-state index in [0.717, 1.165) is 6.42 Å². The zero-order chi connectivity index (χ0) is 11.2. The van der Waals surface area contributed by atoms with E-state index in [0.29, 0.717) is 18.7 Å². The van der Waals surface area contributed by atoms with Crippen LogP contribution in [0.4, 0.5) is 0 Å². The summed E-state index contributed by atoms with van der Waals surface area (Å²) in [7, 11) is 0. The molecule has 0 saturated carbocycles. The number of hydrogen-bond acceptors (Lipinski definition) is 2. The molecule has 83 valence electrons. The van der Waals surface area contributed by atoms with Crippen LogP contribution in [0.1, 0.15) is 40.5 Å². The second kappa shape index (κ2) is 6.14. The summed E-state index contributed by atoms with van der Waals surface area (Å²) in [6, 6.07) is 0. The highest BCUT2D eigenvalue weighted by atomic mass is 16.5. The zero-order valence-corrected chi connectivity index (χ0v) is 9.72. The number of nitrogens with one attached hydrogen (secondary N) is 1. The van der Waals surface area contributed by atoms with Crippen molar-refractivity contribution in [2.45, 2.75) is 46.1 Å². The summed E-state index contributed by atoms with van der Waals surface area (Å²) < 4.78 is 5.50. The van der Waals surface area contributed by atoms with E-state index in [-0.39, 0.29) is 18.1 Å². The molecule has 0 rings (SSSR count). The molecule has 1 atom stereocenters. The summed E-state index contributed by atoms with van der Waals surface area (Å²) >= 11 is 0. The molecule has 0 bridgehead atoms. The molecule has 0 saturated heterocycles. The van der Waals surface area contributed by atoms with Gasteiger partial charge in [-0.3, -0.25) is 0 Å². The maximum absolute atomic E-state index is 10.7. The van der Waals surface area contributed by atoms with Crippen LogP contribution in [0.5, 0.6) is 0 Å². The second-order valence-corrected chi connectivity index (χ2v) is 4.51. The van der Waals surface area contributed by atoms with E-state index in [9.17, 15) is 5.11 Å². The van der Waals surface area contributed by atoms with Crippen molar-refractivity contribution in [1.82, 2.24) is 0 Å². The highest BCUT2D eigenvalue weighted by Gasteiger charge is 2.14. The van der Waals surface area contributed by atoms with Gasteiger partial charge in [0.1, 0.15) is 0 Å². The Morgan fingerprint density at radius 1 is 1.43 bits per heavy atom. The van der Waals surface area contributed by atoms with Gasteiger partial charge in [0.05, 0.1) is 18.8 Å². The quantitative estimate of drug-likeness (QED) is 0.658. The topological polar surface area (TPSA) is 53.0 Å². The molecule has 0 aliphatic rings. The van der Waals surface area contributed by atoms with Crippen molar-refractivity contribution in [1.29, 1.82) is 5.41 Å². The van der Waals surface area contributed by atoms with E-state index in [1.54, 1.807) is 0 Å². The van der Waals surface area contributed by atoms with Crippen LogP contribution in [-0.2, 0) is 9.84 Å². The highest BCUT2D eigenvalue weighted by Crippen LogP contribution is 2.10. The van der Waals surface area contributed by atoms with Crippen molar-refractivity contribution in [2.75, 3.05) is 13.2 Å². The Labute approximate surface area is 87.0 Å². The van der Waals surface area contributed by atoms with E-state index >= 15 is 0 Å². The van der Waals surface area contributed by atoms with Crippen LogP contribution in [-0.4, -0.2) is 24.5 Å². The van der Waals surface area contributed by atoms with Crippen molar-refractivity contribution < 1.29 is 9.84 Å². The summed E-state index contributed by atoms with van der Waals surface area (Å²) in [5, 5.41) is 18.4. The molecule has 1 unspecified atom stereocenters. The Balaban J connectivity index is 3.74. The molecule has 0 aromatic heterocycles. The van der Waals surface area contributed by atoms with Gasteiger partial charge in [0, 0.05) is 18.1 Å². The molecule has 1 radical (unpaired) electrons. The number of rotatable bonds is 6. The molecular formula is C11H22NO2. The van der Waals surface area contributed by atoms with Crippen LogP contribution in [0.15, 0.2) is 0 Å². The fourth-order valence-electron chi connectivity index (χ4n) is 1.14. The first-order valence-electron chi connectivity index (χ1n) is 5.20. The van der Waals surface area contributed by atoms with Crippen LogP contribution in [0.25, 0.3) is 0 Å². The highest BCUT2D eigenvalue weighted by molar-refractivity contribution is 5.83. The van der Waals surface area contributed by atoms with E-state index in [4.69, 9.17) is 10.1 Å².